The van der Waals surface area contributed by atoms with Crippen LogP contribution >= 0.6 is 0 Å². The second kappa shape index (κ2) is 9.95. The number of hydrogen-bond donors (Lipinski definition) is 1. The highest BCUT2D eigenvalue weighted by atomic mass is 19.1. The van der Waals surface area contributed by atoms with Crippen molar-refractivity contribution in [1.82, 2.24) is 14.8 Å². The third-order valence-corrected chi connectivity index (χ3v) is 5.76. The Morgan fingerprint density at radius 2 is 1.61 bits per heavy atom. The molecule has 0 aliphatic carbocycles. The first-order valence-corrected chi connectivity index (χ1v) is 10.8. The van der Waals surface area contributed by atoms with E-state index in [1.807, 2.05) is 38.4 Å². The molecule has 0 bridgehead atoms. The number of benzene rings is 3. The van der Waals surface area contributed by atoms with E-state index in [0.717, 1.165) is 40.7 Å². The van der Waals surface area contributed by atoms with Gasteiger partial charge in [-0.15, -0.1) is 0 Å². The SMILES string of the molecule is CN(C)CCN(Cc1ccc(F)cc1)Cc1cc(-c2ccc3[nH]cc(C#N)c3c2)ccc1F. The molecule has 0 saturated heterocycles. The van der Waals surface area contributed by atoms with Crippen molar-refractivity contribution in [2.24, 2.45) is 0 Å². The molecule has 1 heterocycles. The Morgan fingerprint density at radius 1 is 0.879 bits per heavy atom. The van der Waals surface area contributed by atoms with Crippen LogP contribution in [0.1, 0.15) is 16.7 Å². The molecular weight excluding hydrogens is 418 g/mol. The lowest BCUT2D eigenvalue weighted by molar-refractivity contribution is 0.223. The van der Waals surface area contributed by atoms with E-state index in [9.17, 15) is 14.0 Å². The van der Waals surface area contributed by atoms with E-state index < -0.39 is 0 Å². The first kappa shape index (κ1) is 22.7. The average Bonchev–Trinajstić information content (AvgIpc) is 3.22. The fourth-order valence-corrected chi connectivity index (χ4v) is 3.91. The Hall–Kier alpha value is -3.53. The van der Waals surface area contributed by atoms with Gasteiger partial charge in [0.15, 0.2) is 0 Å². The van der Waals surface area contributed by atoms with Crippen molar-refractivity contribution in [2.75, 3.05) is 27.2 Å². The number of aromatic nitrogens is 1. The Kier molecular flexibility index (Phi) is 6.83. The fourth-order valence-electron chi connectivity index (χ4n) is 3.91. The van der Waals surface area contributed by atoms with Gasteiger partial charge in [-0.2, -0.15) is 5.26 Å². The topological polar surface area (TPSA) is 46.1 Å². The number of hydrogen-bond acceptors (Lipinski definition) is 3. The smallest absolute Gasteiger partial charge is 0.127 e. The number of nitrogens with zero attached hydrogens (tertiary/aromatic N) is 3. The van der Waals surface area contributed by atoms with Crippen LogP contribution in [0.25, 0.3) is 22.0 Å². The molecular formula is C27H26F2N4. The minimum absolute atomic E-state index is 0.256. The van der Waals surface area contributed by atoms with Crippen molar-refractivity contribution in [3.05, 3.63) is 95.2 Å². The summed E-state index contributed by atoms with van der Waals surface area (Å²) in [6.07, 6.45) is 1.70. The summed E-state index contributed by atoms with van der Waals surface area (Å²) in [7, 11) is 4.01. The minimum Gasteiger partial charge on any atom is -0.360 e. The van der Waals surface area contributed by atoms with Crippen molar-refractivity contribution in [1.29, 1.82) is 5.26 Å². The number of aromatic amines is 1. The summed E-state index contributed by atoms with van der Waals surface area (Å²) in [6.45, 7) is 2.60. The van der Waals surface area contributed by atoms with Crippen LogP contribution in [0, 0.1) is 23.0 Å². The molecule has 1 N–H and O–H groups in total. The number of likely N-dealkylation sites (N-methyl/N-ethyl adjacent to an activating group) is 1. The van der Waals surface area contributed by atoms with Crippen LogP contribution in [0.5, 0.6) is 0 Å². The maximum atomic E-state index is 14.8. The van der Waals surface area contributed by atoms with Crippen molar-refractivity contribution in [3.8, 4) is 17.2 Å². The van der Waals surface area contributed by atoms with Crippen LogP contribution in [-0.4, -0.2) is 42.0 Å². The first-order chi connectivity index (χ1) is 15.9. The number of nitrogens with one attached hydrogen (secondary N) is 1. The zero-order chi connectivity index (χ0) is 23.4. The molecule has 0 radical (unpaired) electrons. The van der Waals surface area contributed by atoms with Gasteiger partial charge in [-0.25, -0.2) is 8.78 Å². The van der Waals surface area contributed by atoms with E-state index in [1.165, 1.54) is 18.2 Å². The highest BCUT2D eigenvalue weighted by Gasteiger charge is 2.13. The van der Waals surface area contributed by atoms with Gasteiger partial charge in [0.05, 0.1) is 5.56 Å². The number of fused-ring (bicyclic) bond motifs is 1. The van der Waals surface area contributed by atoms with Gasteiger partial charge < -0.3 is 9.88 Å². The Labute approximate surface area is 192 Å². The Morgan fingerprint density at radius 3 is 2.33 bits per heavy atom. The van der Waals surface area contributed by atoms with Gasteiger partial charge >= 0.3 is 0 Å². The van der Waals surface area contributed by atoms with Crippen LogP contribution in [0.3, 0.4) is 0 Å². The quantitative estimate of drug-likeness (QED) is 0.388. The molecule has 4 aromatic rings. The molecule has 3 aromatic carbocycles. The molecule has 33 heavy (non-hydrogen) atoms. The first-order valence-electron chi connectivity index (χ1n) is 10.8. The van der Waals surface area contributed by atoms with Gasteiger partial charge in [-0.1, -0.05) is 24.3 Å². The molecule has 0 atom stereocenters. The van der Waals surface area contributed by atoms with Gasteiger partial charge in [-0.3, -0.25) is 4.90 Å². The molecule has 0 aliphatic heterocycles. The van der Waals surface area contributed by atoms with Gasteiger partial charge in [0.2, 0.25) is 0 Å². The van der Waals surface area contributed by atoms with Gasteiger partial charge in [0, 0.05) is 48.8 Å². The molecule has 0 unspecified atom stereocenters. The average molecular weight is 445 g/mol. The standard InChI is InChI=1S/C27H26F2N4/c1-32(2)11-12-33(17-19-3-7-24(28)8-4-19)18-22-13-20(5-9-26(22)29)21-6-10-27-25(14-21)23(15-30)16-31-27/h3-10,13-14,16,31H,11-12,17-18H2,1-2H3. The lowest BCUT2D eigenvalue weighted by Crippen LogP contribution is -2.31. The molecule has 168 valence electrons. The highest BCUT2D eigenvalue weighted by molar-refractivity contribution is 5.89. The summed E-state index contributed by atoms with van der Waals surface area (Å²) in [5, 5.41) is 10.2. The predicted octanol–water partition coefficient (Wildman–Crippen LogP) is 5.55. The highest BCUT2D eigenvalue weighted by Crippen LogP contribution is 2.28. The summed E-state index contributed by atoms with van der Waals surface area (Å²) >= 11 is 0. The van der Waals surface area contributed by atoms with Crippen LogP contribution in [0.4, 0.5) is 8.78 Å². The Balaban J connectivity index is 1.62. The van der Waals surface area contributed by atoms with Crippen molar-refractivity contribution in [3.63, 3.8) is 0 Å². The molecule has 0 aliphatic rings. The van der Waals surface area contributed by atoms with E-state index in [-0.39, 0.29) is 11.6 Å². The fraction of sp³-hybridized carbons (Fsp3) is 0.222. The third-order valence-electron chi connectivity index (χ3n) is 5.76. The van der Waals surface area contributed by atoms with Crippen LogP contribution in [0.15, 0.2) is 66.9 Å². The lowest BCUT2D eigenvalue weighted by Gasteiger charge is -2.25. The summed E-state index contributed by atoms with van der Waals surface area (Å²) in [5.41, 5.74) is 4.89. The molecule has 0 fully saturated rings. The van der Waals surface area contributed by atoms with Crippen molar-refractivity contribution in [2.45, 2.75) is 13.1 Å². The molecule has 4 nitrogen and oxygen atoms in total. The molecule has 0 amide bonds. The van der Waals surface area contributed by atoms with Crippen molar-refractivity contribution >= 4 is 10.9 Å². The minimum atomic E-state index is -0.267. The molecule has 6 heteroatoms. The summed E-state index contributed by atoms with van der Waals surface area (Å²) in [6, 6.07) is 19.7. The van der Waals surface area contributed by atoms with Crippen LogP contribution in [-0.2, 0) is 13.1 Å². The Bertz CT molecular complexity index is 1290. The van der Waals surface area contributed by atoms with E-state index >= 15 is 0 Å². The third kappa shape index (κ3) is 5.46. The van der Waals surface area contributed by atoms with Crippen molar-refractivity contribution < 1.29 is 8.78 Å². The van der Waals surface area contributed by atoms with Crippen LogP contribution < -0.4 is 0 Å². The second-order valence-electron chi connectivity index (χ2n) is 8.52. The normalized spacial score (nSPS) is 11.4. The van der Waals surface area contributed by atoms with Gasteiger partial charge in [0.1, 0.15) is 17.7 Å². The molecule has 4 rings (SSSR count). The number of H-pyrrole nitrogens is 1. The summed E-state index contributed by atoms with van der Waals surface area (Å²) < 4.78 is 28.1. The number of rotatable bonds is 8. The lowest BCUT2D eigenvalue weighted by atomic mass is 10.00. The maximum absolute atomic E-state index is 14.8. The number of nitriles is 1. The predicted molar refractivity (Wildman–Crippen MR) is 127 cm³/mol. The molecule has 0 spiro atoms. The summed E-state index contributed by atoms with van der Waals surface area (Å²) in [4.78, 5) is 7.35. The van der Waals surface area contributed by atoms with Gasteiger partial charge in [0.25, 0.3) is 0 Å². The van der Waals surface area contributed by atoms with Crippen LogP contribution in [0.2, 0.25) is 0 Å². The summed E-state index contributed by atoms with van der Waals surface area (Å²) in [5.74, 6) is -0.524. The van der Waals surface area contributed by atoms with E-state index in [1.54, 1.807) is 24.4 Å². The molecule has 0 saturated carbocycles. The van der Waals surface area contributed by atoms with Gasteiger partial charge in [-0.05, 0) is 67.2 Å². The molecule has 1 aromatic heterocycles. The largest absolute Gasteiger partial charge is 0.360 e. The maximum Gasteiger partial charge on any atom is 0.127 e. The zero-order valence-electron chi connectivity index (χ0n) is 18.8. The zero-order valence-corrected chi connectivity index (χ0v) is 18.8. The van der Waals surface area contributed by atoms with E-state index in [2.05, 4.69) is 20.9 Å². The monoisotopic (exact) mass is 444 g/mol. The second-order valence-corrected chi connectivity index (χ2v) is 8.52. The number of halogens is 2. The van der Waals surface area contributed by atoms with E-state index in [0.29, 0.717) is 24.2 Å². The van der Waals surface area contributed by atoms with E-state index in [4.69, 9.17) is 0 Å².